The first-order chi connectivity index (χ1) is 5.22. The molecule has 3 nitrogen and oxygen atoms in total. The highest BCUT2D eigenvalue weighted by Gasteiger charge is 1.99. The van der Waals surface area contributed by atoms with Gasteiger partial charge in [0.15, 0.2) is 5.13 Å². The molecule has 1 aromatic rings. The molecule has 0 saturated carbocycles. The lowest BCUT2D eigenvalue weighted by atomic mass is 10.6. The molecule has 0 spiro atoms. The van der Waals surface area contributed by atoms with E-state index in [9.17, 15) is 4.79 Å². The van der Waals surface area contributed by atoms with E-state index in [1.165, 1.54) is 17.4 Å². The van der Waals surface area contributed by atoms with E-state index in [2.05, 4.69) is 16.9 Å². The molecule has 0 aliphatic carbocycles. The van der Waals surface area contributed by atoms with E-state index in [1.807, 2.05) is 6.92 Å². The highest BCUT2D eigenvalue weighted by molar-refractivity contribution is 7.15. The predicted octanol–water partition coefficient (Wildman–Crippen LogP) is 1.58. The normalized spacial score (nSPS) is 9.18. The Bertz CT molecular complexity index is 280. The average Bonchev–Trinajstić information content (AvgIpc) is 2.35. The molecular weight excluding hydrogens is 160 g/mol. The Morgan fingerprint density at radius 1 is 1.91 bits per heavy atom. The second kappa shape index (κ2) is 3.30. The van der Waals surface area contributed by atoms with Gasteiger partial charge < -0.3 is 0 Å². The molecule has 1 heterocycles. The van der Waals surface area contributed by atoms with Gasteiger partial charge >= 0.3 is 0 Å². The molecule has 4 heteroatoms. The van der Waals surface area contributed by atoms with Gasteiger partial charge in [-0.1, -0.05) is 6.58 Å². The number of rotatable bonds is 2. The van der Waals surface area contributed by atoms with Crippen molar-refractivity contribution >= 4 is 22.4 Å². The molecule has 1 rings (SSSR count). The van der Waals surface area contributed by atoms with Crippen LogP contribution in [0.4, 0.5) is 5.13 Å². The number of carbonyl (C=O) groups excluding carboxylic acids is 1. The number of anilines is 1. The SMILES string of the molecule is C=CC(=O)Nc1ncc(C)s1. The van der Waals surface area contributed by atoms with Crippen molar-refractivity contribution in [3.63, 3.8) is 0 Å². The van der Waals surface area contributed by atoms with Crippen LogP contribution < -0.4 is 5.32 Å². The van der Waals surface area contributed by atoms with Gasteiger partial charge in [0, 0.05) is 11.1 Å². The zero-order valence-electron chi connectivity index (χ0n) is 6.13. The van der Waals surface area contributed by atoms with Gasteiger partial charge in [-0.3, -0.25) is 10.1 Å². The van der Waals surface area contributed by atoms with Gasteiger partial charge in [-0.05, 0) is 13.0 Å². The van der Waals surface area contributed by atoms with Gasteiger partial charge in [-0.25, -0.2) is 4.98 Å². The fraction of sp³-hybridized carbons (Fsp3) is 0.143. The molecule has 0 radical (unpaired) electrons. The summed E-state index contributed by atoms with van der Waals surface area (Å²) >= 11 is 1.44. The van der Waals surface area contributed by atoms with Crippen LogP contribution in [0.3, 0.4) is 0 Å². The maximum atomic E-state index is 10.7. The largest absolute Gasteiger partial charge is 0.298 e. The Morgan fingerprint density at radius 3 is 3.09 bits per heavy atom. The molecule has 1 aromatic heterocycles. The third-order valence-corrected chi connectivity index (χ3v) is 1.87. The molecule has 0 bridgehead atoms. The van der Waals surface area contributed by atoms with Crippen LogP contribution in [0, 0.1) is 6.92 Å². The van der Waals surface area contributed by atoms with Crippen molar-refractivity contribution in [2.45, 2.75) is 6.92 Å². The number of nitrogens with zero attached hydrogens (tertiary/aromatic N) is 1. The third-order valence-electron chi connectivity index (χ3n) is 1.04. The van der Waals surface area contributed by atoms with Crippen LogP contribution >= 0.6 is 11.3 Å². The maximum absolute atomic E-state index is 10.7. The summed E-state index contributed by atoms with van der Waals surface area (Å²) in [5, 5.41) is 3.18. The molecule has 0 unspecified atom stereocenters. The van der Waals surface area contributed by atoms with Gasteiger partial charge in [-0.2, -0.15) is 0 Å². The summed E-state index contributed by atoms with van der Waals surface area (Å²) in [5.74, 6) is -0.223. The molecule has 0 aromatic carbocycles. The molecule has 58 valence electrons. The van der Waals surface area contributed by atoms with E-state index in [0.717, 1.165) is 4.88 Å². The Kier molecular flexibility index (Phi) is 2.38. The lowest BCUT2D eigenvalue weighted by Gasteiger charge is -1.92. The Labute approximate surface area is 68.8 Å². The van der Waals surface area contributed by atoms with Crippen molar-refractivity contribution < 1.29 is 4.79 Å². The average molecular weight is 168 g/mol. The molecule has 0 atom stereocenters. The van der Waals surface area contributed by atoms with Crippen molar-refractivity contribution in [1.82, 2.24) is 4.98 Å². The van der Waals surface area contributed by atoms with E-state index >= 15 is 0 Å². The van der Waals surface area contributed by atoms with Gasteiger partial charge in [-0.15, -0.1) is 11.3 Å². The van der Waals surface area contributed by atoms with E-state index in [-0.39, 0.29) is 5.91 Å². The molecule has 1 amide bonds. The zero-order chi connectivity index (χ0) is 8.27. The molecule has 1 N–H and O–H groups in total. The van der Waals surface area contributed by atoms with Gasteiger partial charge in [0.1, 0.15) is 0 Å². The number of nitrogens with one attached hydrogen (secondary N) is 1. The minimum atomic E-state index is -0.223. The smallest absolute Gasteiger partial charge is 0.249 e. The van der Waals surface area contributed by atoms with Crippen LogP contribution in [-0.4, -0.2) is 10.9 Å². The molecule has 11 heavy (non-hydrogen) atoms. The first-order valence-electron chi connectivity index (χ1n) is 3.08. The number of aryl methyl sites for hydroxylation is 1. The summed E-state index contributed by atoms with van der Waals surface area (Å²) in [5.41, 5.74) is 0. The first-order valence-corrected chi connectivity index (χ1v) is 3.90. The number of amides is 1. The minimum Gasteiger partial charge on any atom is -0.298 e. The zero-order valence-corrected chi connectivity index (χ0v) is 6.94. The minimum absolute atomic E-state index is 0.223. The topological polar surface area (TPSA) is 42.0 Å². The number of hydrogen-bond donors (Lipinski definition) is 1. The summed E-state index contributed by atoms with van der Waals surface area (Å²) in [4.78, 5) is 15.7. The Hall–Kier alpha value is -1.16. The van der Waals surface area contributed by atoms with E-state index in [0.29, 0.717) is 5.13 Å². The fourth-order valence-electron chi connectivity index (χ4n) is 0.569. The lowest BCUT2D eigenvalue weighted by molar-refractivity contribution is -0.111. The quantitative estimate of drug-likeness (QED) is 0.681. The van der Waals surface area contributed by atoms with E-state index in [1.54, 1.807) is 6.20 Å². The monoisotopic (exact) mass is 168 g/mol. The van der Waals surface area contributed by atoms with Crippen LogP contribution in [-0.2, 0) is 4.79 Å². The van der Waals surface area contributed by atoms with Gasteiger partial charge in [0.05, 0.1) is 0 Å². The van der Waals surface area contributed by atoms with Crippen molar-refractivity contribution in [3.8, 4) is 0 Å². The Morgan fingerprint density at radius 2 is 2.64 bits per heavy atom. The summed E-state index contributed by atoms with van der Waals surface area (Å²) in [6.45, 7) is 5.26. The number of carbonyl (C=O) groups is 1. The fourth-order valence-corrected chi connectivity index (χ4v) is 1.24. The lowest BCUT2D eigenvalue weighted by Crippen LogP contribution is -2.06. The molecule has 0 aliphatic rings. The summed E-state index contributed by atoms with van der Waals surface area (Å²) < 4.78 is 0. The van der Waals surface area contributed by atoms with Crippen LogP contribution in [0.5, 0.6) is 0 Å². The van der Waals surface area contributed by atoms with Crippen molar-refractivity contribution in [2.75, 3.05) is 5.32 Å². The molecule has 0 saturated heterocycles. The van der Waals surface area contributed by atoms with Gasteiger partial charge in [0.25, 0.3) is 0 Å². The summed E-state index contributed by atoms with van der Waals surface area (Å²) in [6, 6.07) is 0. The van der Waals surface area contributed by atoms with Gasteiger partial charge in [0.2, 0.25) is 5.91 Å². The van der Waals surface area contributed by atoms with Crippen molar-refractivity contribution in [2.24, 2.45) is 0 Å². The maximum Gasteiger partial charge on any atom is 0.249 e. The van der Waals surface area contributed by atoms with E-state index < -0.39 is 0 Å². The number of aromatic nitrogens is 1. The van der Waals surface area contributed by atoms with Crippen LogP contribution in [0.15, 0.2) is 18.9 Å². The summed E-state index contributed by atoms with van der Waals surface area (Å²) in [6.07, 6.45) is 2.93. The van der Waals surface area contributed by atoms with Crippen LogP contribution in [0.1, 0.15) is 4.88 Å². The Balaban J connectivity index is 2.64. The second-order valence-electron chi connectivity index (χ2n) is 1.97. The summed E-state index contributed by atoms with van der Waals surface area (Å²) in [7, 11) is 0. The van der Waals surface area contributed by atoms with Crippen molar-refractivity contribution in [1.29, 1.82) is 0 Å². The predicted molar refractivity (Wildman–Crippen MR) is 45.7 cm³/mol. The molecule has 0 aliphatic heterocycles. The van der Waals surface area contributed by atoms with Crippen LogP contribution in [0.2, 0.25) is 0 Å². The van der Waals surface area contributed by atoms with E-state index in [4.69, 9.17) is 0 Å². The highest BCUT2D eigenvalue weighted by Crippen LogP contribution is 2.15. The molecular formula is C7H8N2OS. The van der Waals surface area contributed by atoms with Crippen LogP contribution in [0.25, 0.3) is 0 Å². The standard InChI is InChI=1S/C7H8N2OS/c1-3-6(10)9-7-8-4-5(2)11-7/h3-4H,1H2,2H3,(H,8,9,10). The first kappa shape index (κ1) is 7.94. The number of thiazole rings is 1. The highest BCUT2D eigenvalue weighted by atomic mass is 32.1. The molecule has 0 fully saturated rings. The second-order valence-corrected chi connectivity index (χ2v) is 3.20. The third kappa shape index (κ3) is 2.16. The van der Waals surface area contributed by atoms with Crippen molar-refractivity contribution in [3.05, 3.63) is 23.7 Å². The number of hydrogen-bond acceptors (Lipinski definition) is 3.